The number of halogens is 1. The molecule has 17 heavy (non-hydrogen) atoms. The van der Waals surface area contributed by atoms with Crippen LogP contribution in [0.2, 0.25) is 5.02 Å². The molecule has 1 aromatic rings. The number of thioether (sulfide) groups is 1. The van der Waals surface area contributed by atoms with Crippen LogP contribution in [0.15, 0.2) is 23.1 Å². The number of aldehydes is 1. The number of nitrogens with zero attached hydrogens (tertiary/aromatic N) is 1. The molecule has 0 aliphatic rings. The van der Waals surface area contributed by atoms with Crippen LogP contribution in [0.3, 0.4) is 0 Å². The topological polar surface area (TPSA) is 20.3 Å². The second-order valence-electron chi connectivity index (χ2n) is 3.68. The van der Waals surface area contributed by atoms with Crippen molar-refractivity contribution < 1.29 is 4.79 Å². The summed E-state index contributed by atoms with van der Waals surface area (Å²) in [6.07, 6.45) is 0.816. The molecule has 0 spiro atoms. The Morgan fingerprint density at radius 2 is 2.06 bits per heavy atom. The molecule has 0 N–H and O–H groups in total. The van der Waals surface area contributed by atoms with E-state index in [4.69, 9.17) is 11.6 Å². The largest absolute Gasteiger partial charge is 0.303 e. The van der Waals surface area contributed by atoms with Gasteiger partial charge in [-0.1, -0.05) is 31.5 Å². The third-order valence-electron chi connectivity index (χ3n) is 2.65. The van der Waals surface area contributed by atoms with Gasteiger partial charge in [-0.05, 0) is 25.2 Å². The van der Waals surface area contributed by atoms with Gasteiger partial charge in [0, 0.05) is 22.8 Å². The van der Waals surface area contributed by atoms with Gasteiger partial charge in [-0.25, -0.2) is 0 Å². The summed E-state index contributed by atoms with van der Waals surface area (Å²) in [4.78, 5) is 14.0. The Hall–Kier alpha value is -0.510. The minimum Gasteiger partial charge on any atom is -0.303 e. The van der Waals surface area contributed by atoms with Crippen LogP contribution in [0, 0.1) is 0 Å². The van der Waals surface area contributed by atoms with E-state index in [1.807, 2.05) is 6.07 Å². The monoisotopic (exact) mass is 271 g/mol. The molecular formula is C13H18ClNOS. The summed E-state index contributed by atoms with van der Waals surface area (Å²) in [6, 6.07) is 5.44. The van der Waals surface area contributed by atoms with Crippen molar-refractivity contribution in [1.82, 2.24) is 4.90 Å². The predicted octanol–water partition coefficient (Wildman–Crippen LogP) is 3.59. The standard InChI is InChI=1S/C13H18ClNOS/c1-3-15(4-2)7-8-17-13-6-5-11(10-16)9-12(13)14/h5-6,9-10H,3-4,7-8H2,1-2H3. The fraction of sp³-hybridized carbons (Fsp3) is 0.462. The second kappa shape index (κ2) is 7.75. The molecule has 0 atom stereocenters. The van der Waals surface area contributed by atoms with Crippen molar-refractivity contribution in [2.45, 2.75) is 18.7 Å². The number of hydrogen-bond donors (Lipinski definition) is 0. The van der Waals surface area contributed by atoms with Crippen LogP contribution in [0.4, 0.5) is 0 Å². The molecule has 0 bridgehead atoms. The molecule has 0 heterocycles. The van der Waals surface area contributed by atoms with Crippen molar-refractivity contribution in [3.8, 4) is 0 Å². The van der Waals surface area contributed by atoms with Crippen LogP contribution in [-0.4, -0.2) is 36.6 Å². The number of hydrogen-bond acceptors (Lipinski definition) is 3. The molecule has 0 amide bonds. The summed E-state index contributed by atoms with van der Waals surface area (Å²) in [7, 11) is 0. The van der Waals surface area contributed by atoms with Crippen LogP contribution >= 0.6 is 23.4 Å². The van der Waals surface area contributed by atoms with Crippen molar-refractivity contribution in [1.29, 1.82) is 0 Å². The van der Waals surface area contributed by atoms with E-state index in [1.165, 1.54) is 0 Å². The van der Waals surface area contributed by atoms with Gasteiger partial charge in [0.15, 0.2) is 0 Å². The van der Waals surface area contributed by atoms with E-state index in [-0.39, 0.29) is 0 Å². The molecule has 1 rings (SSSR count). The SMILES string of the molecule is CCN(CC)CCSc1ccc(C=O)cc1Cl. The van der Waals surface area contributed by atoms with Gasteiger partial charge in [0.25, 0.3) is 0 Å². The lowest BCUT2D eigenvalue weighted by molar-refractivity contribution is 0.112. The Kier molecular flexibility index (Phi) is 6.63. The van der Waals surface area contributed by atoms with Crippen molar-refractivity contribution in [2.75, 3.05) is 25.4 Å². The second-order valence-corrected chi connectivity index (χ2v) is 5.23. The number of carbonyl (C=O) groups excluding carboxylic acids is 1. The van der Waals surface area contributed by atoms with Gasteiger partial charge < -0.3 is 4.90 Å². The Bertz CT molecular complexity index is 366. The van der Waals surface area contributed by atoms with E-state index < -0.39 is 0 Å². The van der Waals surface area contributed by atoms with Crippen LogP contribution in [0.1, 0.15) is 24.2 Å². The minimum atomic E-state index is 0.628. The normalized spacial score (nSPS) is 10.8. The van der Waals surface area contributed by atoms with Gasteiger partial charge in [-0.2, -0.15) is 0 Å². The average molecular weight is 272 g/mol. The van der Waals surface area contributed by atoms with Gasteiger partial charge >= 0.3 is 0 Å². The molecule has 4 heteroatoms. The highest BCUT2D eigenvalue weighted by Gasteiger charge is 2.04. The summed E-state index contributed by atoms with van der Waals surface area (Å²) in [5.74, 6) is 1.02. The van der Waals surface area contributed by atoms with Gasteiger partial charge in [0.2, 0.25) is 0 Å². The summed E-state index contributed by atoms with van der Waals surface area (Å²) in [5.41, 5.74) is 0.628. The smallest absolute Gasteiger partial charge is 0.150 e. The quantitative estimate of drug-likeness (QED) is 0.558. The molecule has 2 nitrogen and oxygen atoms in total. The maximum atomic E-state index is 10.6. The zero-order valence-electron chi connectivity index (χ0n) is 10.3. The molecule has 94 valence electrons. The van der Waals surface area contributed by atoms with E-state index in [2.05, 4.69) is 18.7 Å². The minimum absolute atomic E-state index is 0.628. The fourth-order valence-electron chi connectivity index (χ4n) is 1.53. The Balaban J connectivity index is 2.49. The molecule has 0 fully saturated rings. The lowest BCUT2D eigenvalue weighted by Crippen LogP contribution is -2.25. The molecule has 0 saturated heterocycles. The van der Waals surface area contributed by atoms with Crippen LogP contribution < -0.4 is 0 Å². The number of benzene rings is 1. The van der Waals surface area contributed by atoms with Crippen LogP contribution in [-0.2, 0) is 0 Å². The molecule has 0 aliphatic heterocycles. The zero-order chi connectivity index (χ0) is 12.7. The predicted molar refractivity (Wildman–Crippen MR) is 75.4 cm³/mol. The van der Waals surface area contributed by atoms with Crippen molar-refractivity contribution >= 4 is 29.6 Å². The van der Waals surface area contributed by atoms with Gasteiger partial charge in [-0.3, -0.25) is 4.79 Å². The van der Waals surface area contributed by atoms with Gasteiger partial charge in [-0.15, -0.1) is 11.8 Å². The summed E-state index contributed by atoms with van der Waals surface area (Å²) in [6.45, 7) is 7.55. The summed E-state index contributed by atoms with van der Waals surface area (Å²) in [5, 5.41) is 0.666. The highest BCUT2D eigenvalue weighted by molar-refractivity contribution is 7.99. The third kappa shape index (κ3) is 4.70. The first-order valence-electron chi connectivity index (χ1n) is 5.81. The summed E-state index contributed by atoms with van der Waals surface area (Å²) < 4.78 is 0. The average Bonchev–Trinajstić information content (AvgIpc) is 2.36. The molecular weight excluding hydrogens is 254 g/mol. The van der Waals surface area contributed by atoms with Crippen LogP contribution in [0.25, 0.3) is 0 Å². The number of carbonyl (C=O) groups is 1. The first-order chi connectivity index (χ1) is 8.21. The Morgan fingerprint density at radius 1 is 1.35 bits per heavy atom. The lowest BCUT2D eigenvalue weighted by Gasteiger charge is -2.17. The van der Waals surface area contributed by atoms with Crippen LogP contribution in [0.5, 0.6) is 0 Å². The summed E-state index contributed by atoms with van der Waals surface area (Å²) >= 11 is 7.83. The van der Waals surface area contributed by atoms with E-state index in [9.17, 15) is 4.79 Å². The van der Waals surface area contributed by atoms with Crippen molar-refractivity contribution in [3.63, 3.8) is 0 Å². The molecule has 0 unspecified atom stereocenters. The molecule has 0 aromatic heterocycles. The highest BCUT2D eigenvalue weighted by Crippen LogP contribution is 2.27. The molecule has 0 aliphatic carbocycles. The molecule has 0 saturated carbocycles. The Labute approximate surface area is 112 Å². The first-order valence-corrected chi connectivity index (χ1v) is 7.17. The van der Waals surface area contributed by atoms with Gasteiger partial charge in [0.1, 0.15) is 6.29 Å². The lowest BCUT2D eigenvalue weighted by atomic mass is 10.2. The van der Waals surface area contributed by atoms with Crippen molar-refractivity contribution in [3.05, 3.63) is 28.8 Å². The maximum absolute atomic E-state index is 10.6. The fourth-order valence-corrected chi connectivity index (χ4v) is 2.82. The zero-order valence-corrected chi connectivity index (χ0v) is 11.9. The maximum Gasteiger partial charge on any atom is 0.150 e. The molecule has 0 radical (unpaired) electrons. The Morgan fingerprint density at radius 3 is 2.59 bits per heavy atom. The van der Waals surface area contributed by atoms with Crippen molar-refractivity contribution in [2.24, 2.45) is 0 Å². The first kappa shape index (κ1) is 14.6. The highest BCUT2D eigenvalue weighted by atomic mass is 35.5. The van der Waals surface area contributed by atoms with Gasteiger partial charge in [0.05, 0.1) is 5.02 Å². The van der Waals surface area contributed by atoms with E-state index in [0.717, 1.165) is 36.6 Å². The van der Waals surface area contributed by atoms with E-state index >= 15 is 0 Å². The molecule has 1 aromatic carbocycles. The van der Waals surface area contributed by atoms with E-state index in [1.54, 1.807) is 23.9 Å². The van der Waals surface area contributed by atoms with E-state index in [0.29, 0.717) is 10.6 Å². The number of rotatable bonds is 7. The third-order valence-corrected chi connectivity index (χ3v) is 4.13.